The van der Waals surface area contributed by atoms with E-state index in [9.17, 15) is 14.4 Å². The summed E-state index contributed by atoms with van der Waals surface area (Å²) in [5, 5.41) is 0. The number of ketones is 1. The summed E-state index contributed by atoms with van der Waals surface area (Å²) < 4.78 is 4.96. The number of ether oxygens (including phenoxy) is 1. The van der Waals surface area contributed by atoms with Crippen LogP contribution in [0.15, 0.2) is 48.7 Å². The van der Waals surface area contributed by atoms with Gasteiger partial charge in [-0.25, -0.2) is 9.78 Å². The van der Waals surface area contributed by atoms with Crippen molar-refractivity contribution < 1.29 is 19.1 Å². The maximum atomic E-state index is 12.4. The molecule has 1 fully saturated rings. The molecule has 2 aromatic rings. The van der Waals surface area contributed by atoms with Gasteiger partial charge in [0.2, 0.25) is 5.91 Å². The van der Waals surface area contributed by atoms with E-state index in [1.54, 1.807) is 36.1 Å². The van der Waals surface area contributed by atoms with E-state index in [0.29, 0.717) is 43.9 Å². The predicted octanol–water partition coefficient (Wildman–Crippen LogP) is 2.57. The summed E-state index contributed by atoms with van der Waals surface area (Å²) in [7, 11) is 0. The van der Waals surface area contributed by atoms with Crippen LogP contribution in [0.1, 0.15) is 40.5 Å². The Bertz CT molecular complexity index is 844. The van der Waals surface area contributed by atoms with Crippen LogP contribution in [0.5, 0.6) is 0 Å². The Morgan fingerprint density at radius 3 is 2.28 bits per heavy atom. The highest BCUT2D eigenvalue weighted by Crippen LogP contribution is 2.16. The zero-order valence-corrected chi connectivity index (χ0v) is 16.5. The summed E-state index contributed by atoms with van der Waals surface area (Å²) in [5.41, 5.74) is 1.06. The molecule has 1 aliphatic heterocycles. The molecule has 1 saturated heterocycles. The van der Waals surface area contributed by atoms with Crippen LogP contribution < -0.4 is 4.90 Å². The molecule has 0 aliphatic carbocycles. The molecule has 0 saturated carbocycles. The van der Waals surface area contributed by atoms with Gasteiger partial charge in [-0.3, -0.25) is 9.59 Å². The van der Waals surface area contributed by atoms with Crippen molar-refractivity contribution >= 4 is 23.5 Å². The fourth-order valence-electron chi connectivity index (χ4n) is 3.24. The van der Waals surface area contributed by atoms with Crippen LogP contribution in [0.3, 0.4) is 0 Å². The third kappa shape index (κ3) is 5.40. The molecule has 7 heteroatoms. The molecule has 1 amide bonds. The first-order valence-corrected chi connectivity index (χ1v) is 9.82. The van der Waals surface area contributed by atoms with Crippen LogP contribution >= 0.6 is 0 Å². The van der Waals surface area contributed by atoms with E-state index in [-0.39, 0.29) is 30.5 Å². The van der Waals surface area contributed by atoms with Crippen molar-refractivity contribution in [3.05, 3.63) is 59.8 Å². The van der Waals surface area contributed by atoms with Gasteiger partial charge in [0.25, 0.3) is 0 Å². The van der Waals surface area contributed by atoms with Gasteiger partial charge in [0, 0.05) is 50.8 Å². The van der Waals surface area contributed by atoms with Gasteiger partial charge in [-0.15, -0.1) is 0 Å². The number of rotatable bonds is 7. The first-order chi connectivity index (χ1) is 14.1. The second kappa shape index (κ2) is 9.82. The van der Waals surface area contributed by atoms with Gasteiger partial charge in [0.05, 0.1) is 12.2 Å². The molecule has 0 spiro atoms. The second-order valence-electron chi connectivity index (χ2n) is 6.78. The minimum absolute atomic E-state index is 0.000417. The van der Waals surface area contributed by atoms with Gasteiger partial charge >= 0.3 is 5.97 Å². The number of benzene rings is 1. The highest BCUT2D eigenvalue weighted by atomic mass is 16.5. The fourth-order valence-corrected chi connectivity index (χ4v) is 3.24. The van der Waals surface area contributed by atoms with E-state index in [4.69, 9.17) is 4.74 Å². The van der Waals surface area contributed by atoms with Crippen LogP contribution in [0.4, 0.5) is 5.82 Å². The lowest BCUT2D eigenvalue weighted by atomic mass is 10.1. The van der Waals surface area contributed by atoms with E-state index in [0.717, 1.165) is 5.82 Å². The van der Waals surface area contributed by atoms with E-state index >= 15 is 0 Å². The van der Waals surface area contributed by atoms with Crippen LogP contribution in [0.25, 0.3) is 0 Å². The van der Waals surface area contributed by atoms with Gasteiger partial charge in [-0.05, 0) is 19.1 Å². The van der Waals surface area contributed by atoms with Crippen molar-refractivity contribution in [1.29, 1.82) is 0 Å². The zero-order chi connectivity index (χ0) is 20.6. The number of esters is 1. The number of hydrogen-bond donors (Lipinski definition) is 0. The molecule has 1 aromatic carbocycles. The number of amides is 1. The van der Waals surface area contributed by atoms with E-state index < -0.39 is 0 Å². The molecule has 0 bridgehead atoms. The normalized spacial score (nSPS) is 13.8. The molecule has 2 heterocycles. The lowest BCUT2D eigenvalue weighted by molar-refractivity contribution is -0.131. The predicted molar refractivity (Wildman–Crippen MR) is 109 cm³/mol. The Kier molecular flexibility index (Phi) is 6.94. The van der Waals surface area contributed by atoms with Crippen molar-refractivity contribution in [2.75, 3.05) is 37.7 Å². The Balaban J connectivity index is 1.46. The van der Waals surface area contributed by atoms with Gasteiger partial charge in [0.1, 0.15) is 5.82 Å². The largest absolute Gasteiger partial charge is 0.462 e. The lowest BCUT2D eigenvalue weighted by Gasteiger charge is -2.35. The molecular formula is C22H25N3O4. The van der Waals surface area contributed by atoms with Crippen molar-refractivity contribution in [1.82, 2.24) is 9.88 Å². The summed E-state index contributed by atoms with van der Waals surface area (Å²) >= 11 is 0. The number of nitrogens with zero attached hydrogens (tertiary/aromatic N) is 3. The summed E-state index contributed by atoms with van der Waals surface area (Å²) in [5.74, 6) is 0.374. The third-order valence-corrected chi connectivity index (χ3v) is 4.88. The third-order valence-electron chi connectivity index (χ3n) is 4.88. The topological polar surface area (TPSA) is 79.8 Å². The first-order valence-electron chi connectivity index (χ1n) is 9.82. The monoisotopic (exact) mass is 395 g/mol. The minimum atomic E-state index is -0.382. The number of pyridine rings is 1. The minimum Gasteiger partial charge on any atom is -0.462 e. The number of piperazine rings is 1. The molecule has 152 valence electrons. The summed E-state index contributed by atoms with van der Waals surface area (Å²) in [6.07, 6.45) is 1.96. The summed E-state index contributed by atoms with van der Waals surface area (Å²) in [6.45, 7) is 4.57. The van der Waals surface area contributed by atoms with Crippen LogP contribution in [-0.2, 0) is 9.53 Å². The first kappa shape index (κ1) is 20.5. The van der Waals surface area contributed by atoms with Crippen molar-refractivity contribution in [3.8, 4) is 0 Å². The van der Waals surface area contributed by atoms with Crippen molar-refractivity contribution in [2.45, 2.75) is 19.8 Å². The number of hydrogen-bond acceptors (Lipinski definition) is 6. The second-order valence-corrected chi connectivity index (χ2v) is 6.78. The Labute approximate surface area is 170 Å². The van der Waals surface area contributed by atoms with Crippen molar-refractivity contribution in [2.24, 2.45) is 0 Å². The number of Topliss-reactive ketones (excluding diaryl/α,β-unsaturated/α-hetero) is 1. The lowest BCUT2D eigenvalue weighted by Crippen LogP contribution is -2.49. The molecular weight excluding hydrogens is 370 g/mol. The van der Waals surface area contributed by atoms with E-state index in [1.807, 2.05) is 18.2 Å². The molecule has 1 aromatic heterocycles. The molecule has 0 atom stereocenters. The van der Waals surface area contributed by atoms with Gasteiger partial charge < -0.3 is 14.5 Å². The molecule has 7 nitrogen and oxygen atoms in total. The van der Waals surface area contributed by atoms with Crippen LogP contribution in [0.2, 0.25) is 0 Å². The van der Waals surface area contributed by atoms with Gasteiger partial charge in [0.15, 0.2) is 5.78 Å². The Morgan fingerprint density at radius 2 is 1.66 bits per heavy atom. The Morgan fingerprint density at radius 1 is 0.931 bits per heavy atom. The zero-order valence-electron chi connectivity index (χ0n) is 16.5. The molecule has 29 heavy (non-hydrogen) atoms. The number of carbonyl (C=O) groups excluding carboxylic acids is 3. The quantitative estimate of drug-likeness (QED) is 0.530. The van der Waals surface area contributed by atoms with Gasteiger partial charge in [-0.1, -0.05) is 30.3 Å². The average molecular weight is 395 g/mol. The highest BCUT2D eigenvalue weighted by molar-refractivity contribution is 5.97. The molecule has 0 radical (unpaired) electrons. The Hall–Kier alpha value is -3.22. The highest BCUT2D eigenvalue weighted by Gasteiger charge is 2.22. The number of anilines is 1. The maximum absolute atomic E-state index is 12.4. The van der Waals surface area contributed by atoms with E-state index in [1.165, 1.54) is 6.20 Å². The fraction of sp³-hybridized carbons (Fsp3) is 0.364. The molecule has 0 N–H and O–H groups in total. The SMILES string of the molecule is CCOC(=O)c1ccc(N2CCN(C(=O)CCC(=O)c3ccccc3)CC2)nc1. The standard InChI is InChI=1S/C22H25N3O4/c1-2-29-22(28)18-8-10-20(23-16-18)24-12-14-25(15-13-24)21(27)11-9-19(26)17-6-4-3-5-7-17/h3-8,10,16H,2,9,11-15H2,1H3. The maximum Gasteiger partial charge on any atom is 0.339 e. The van der Waals surface area contributed by atoms with Crippen LogP contribution in [0, 0.1) is 0 Å². The number of carbonyl (C=O) groups is 3. The van der Waals surface area contributed by atoms with Crippen molar-refractivity contribution in [3.63, 3.8) is 0 Å². The van der Waals surface area contributed by atoms with E-state index in [2.05, 4.69) is 9.88 Å². The van der Waals surface area contributed by atoms with Crippen LogP contribution in [-0.4, -0.2) is 60.3 Å². The number of aromatic nitrogens is 1. The summed E-state index contributed by atoms with van der Waals surface area (Å²) in [4.78, 5) is 44.5. The smallest absolute Gasteiger partial charge is 0.339 e. The molecule has 3 rings (SSSR count). The molecule has 0 unspecified atom stereocenters. The van der Waals surface area contributed by atoms with Gasteiger partial charge in [-0.2, -0.15) is 0 Å². The molecule has 1 aliphatic rings. The summed E-state index contributed by atoms with van der Waals surface area (Å²) in [6, 6.07) is 12.5. The average Bonchev–Trinajstić information content (AvgIpc) is 2.78.